The molecule has 9 heteroatoms. The van der Waals surface area contributed by atoms with Crippen molar-refractivity contribution >= 4 is 27.1 Å². The summed E-state index contributed by atoms with van der Waals surface area (Å²) in [6.45, 7) is 0. The molecule has 8 nitrogen and oxygen atoms in total. The summed E-state index contributed by atoms with van der Waals surface area (Å²) in [6.07, 6.45) is 1.99. The Labute approximate surface area is 83.8 Å². The van der Waals surface area contributed by atoms with Gasteiger partial charge in [-0.15, -0.1) is 0 Å². The molecule has 15 heavy (non-hydrogen) atoms. The van der Waals surface area contributed by atoms with Gasteiger partial charge in [-0.1, -0.05) is 0 Å². The number of anilines is 1. The van der Waals surface area contributed by atoms with E-state index in [4.69, 9.17) is 5.73 Å². The number of nitrogens with two attached hydrogens (primary N) is 1. The van der Waals surface area contributed by atoms with Crippen LogP contribution >= 0.6 is 0 Å². The summed E-state index contributed by atoms with van der Waals surface area (Å²) >= 11 is 0. The number of hydrogen-bond acceptors (Lipinski definition) is 6. The Balaban J connectivity index is 2.99. The van der Waals surface area contributed by atoms with Gasteiger partial charge in [0.05, 0.1) is 6.26 Å². The number of aromatic nitrogens is 4. The van der Waals surface area contributed by atoms with Gasteiger partial charge < -0.3 is 5.73 Å². The van der Waals surface area contributed by atoms with Gasteiger partial charge >= 0.3 is 0 Å². The van der Waals surface area contributed by atoms with Crippen LogP contribution in [0.3, 0.4) is 0 Å². The number of nitrogens with zero attached hydrogens (tertiary/aromatic N) is 3. The molecule has 2 aromatic heterocycles. The van der Waals surface area contributed by atoms with Crippen LogP contribution in [-0.2, 0) is 10.0 Å². The first-order chi connectivity index (χ1) is 6.89. The van der Waals surface area contributed by atoms with E-state index in [1.54, 1.807) is 0 Å². The van der Waals surface area contributed by atoms with E-state index >= 15 is 0 Å². The molecule has 0 fully saturated rings. The molecular weight excluding hydrogens is 222 g/mol. The van der Waals surface area contributed by atoms with Crippen LogP contribution in [0.15, 0.2) is 11.1 Å². The zero-order chi connectivity index (χ0) is 11.2. The summed E-state index contributed by atoms with van der Waals surface area (Å²) in [7, 11) is -3.54. The fourth-order valence-electron chi connectivity index (χ4n) is 1.15. The number of nitrogens with one attached hydrogen (secondary N) is 1. The lowest BCUT2D eigenvalue weighted by Crippen LogP contribution is -2.14. The Hall–Kier alpha value is -1.90. The number of hydrogen-bond donors (Lipinski definition) is 2. The van der Waals surface area contributed by atoms with Crippen LogP contribution in [0.4, 0.5) is 5.95 Å². The second-order valence-corrected chi connectivity index (χ2v) is 4.79. The van der Waals surface area contributed by atoms with Gasteiger partial charge in [-0.25, -0.2) is 17.4 Å². The molecule has 0 aromatic carbocycles. The van der Waals surface area contributed by atoms with Gasteiger partial charge in [0.25, 0.3) is 5.56 Å². The maximum atomic E-state index is 11.3. The minimum absolute atomic E-state index is 0.0605. The Morgan fingerprint density at radius 1 is 1.53 bits per heavy atom. The average molecular weight is 229 g/mol. The fourth-order valence-corrected chi connectivity index (χ4v) is 1.81. The molecule has 0 saturated carbocycles. The highest BCUT2D eigenvalue weighted by molar-refractivity contribution is 7.89. The Kier molecular flexibility index (Phi) is 1.80. The monoisotopic (exact) mass is 229 g/mol. The molecule has 2 rings (SSSR count). The lowest BCUT2D eigenvalue weighted by molar-refractivity contribution is 0.594. The lowest BCUT2D eigenvalue weighted by Gasteiger charge is -1.99. The number of fused-ring (bicyclic) bond motifs is 1. The zero-order valence-electron chi connectivity index (χ0n) is 7.63. The van der Waals surface area contributed by atoms with Crippen molar-refractivity contribution in [2.24, 2.45) is 0 Å². The Bertz CT molecular complexity index is 682. The summed E-state index contributed by atoms with van der Waals surface area (Å²) in [5.74, 6) is -0.155. The fraction of sp³-hybridized carbons (Fsp3) is 0.167. The number of imidazole rings is 1. The third kappa shape index (κ3) is 1.46. The van der Waals surface area contributed by atoms with E-state index in [9.17, 15) is 13.2 Å². The molecule has 0 aliphatic heterocycles. The van der Waals surface area contributed by atoms with E-state index in [1.165, 1.54) is 0 Å². The minimum atomic E-state index is -3.54. The minimum Gasteiger partial charge on any atom is -0.369 e. The van der Waals surface area contributed by atoms with Crippen LogP contribution in [0.2, 0.25) is 0 Å². The molecule has 2 heterocycles. The number of rotatable bonds is 1. The molecule has 0 radical (unpaired) electrons. The third-order valence-corrected chi connectivity index (χ3v) is 2.73. The van der Waals surface area contributed by atoms with Gasteiger partial charge in [0.2, 0.25) is 16.0 Å². The first-order valence-electron chi connectivity index (χ1n) is 3.83. The smallest absolute Gasteiger partial charge is 0.280 e. The molecule has 0 atom stereocenters. The molecule has 0 spiro atoms. The molecule has 80 valence electrons. The van der Waals surface area contributed by atoms with Crippen LogP contribution in [0.25, 0.3) is 11.2 Å². The van der Waals surface area contributed by atoms with E-state index in [0.717, 1.165) is 16.6 Å². The second kappa shape index (κ2) is 2.79. The number of nitrogen functional groups attached to an aromatic ring is 1. The van der Waals surface area contributed by atoms with Crippen molar-refractivity contribution in [2.75, 3.05) is 12.0 Å². The summed E-state index contributed by atoms with van der Waals surface area (Å²) in [5.41, 5.74) is 4.59. The predicted molar refractivity (Wildman–Crippen MR) is 52.8 cm³/mol. The molecule has 0 unspecified atom stereocenters. The van der Waals surface area contributed by atoms with Crippen molar-refractivity contribution in [3.8, 4) is 0 Å². The Morgan fingerprint density at radius 3 is 2.80 bits per heavy atom. The van der Waals surface area contributed by atoms with Gasteiger partial charge in [-0.3, -0.25) is 9.78 Å². The first kappa shape index (κ1) is 9.65. The SMILES string of the molecule is CS(=O)(=O)n1cnc2c(=O)[nH]c(N)nc21. The van der Waals surface area contributed by atoms with E-state index in [-0.39, 0.29) is 17.1 Å². The van der Waals surface area contributed by atoms with Crippen LogP contribution in [0.1, 0.15) is 0 Å². The summed E-state index contributed by atoms with van der Waals surface area (Å²) in [6, 6.07) is 0. The summed E-state index contributed by atoms with van der Waals surface area (Å²) < 4.78 is 23.3. The zero-order valence-corrected chi connectivity index (χ0v) is 8.45. The molecule has 3 N–H and O–H groups in total. The average Bonchev–Trinajstić information content (AvgIpc) is 2.45. The molecule has 2 aromatic rings. The van der Waals surface area contributed by atoms with Crippen molar-refractivity contribution < 1.29 is 8.42 Å². The molecule has 0 saturated heterocycles. The van der Waals surface area contributed by atoms with Gasteiger partial charge in [0, 0.05) is 0 Å². The summed E-state index contributed by atoms with van der Waals surface area (Å²) in [4.78, 5) is 20.9. The molecule has 0 bridgehead atoms. The normalized spacial score (nSPS) is 12.1. The third-order valence-electron chi connectivity index (χ3n) is 1.75. The van der Waals surface area contributed by atoms with Crippen molar-refractivity contribution in [2.45, 2.75) is 0 Å². The van der Waals surface area contributed by atoms with Crippen LogP contribution in [0.5, 0.6) is 0 Å². The van der Waals surface area contributed by atoms with Crippen molar-refractivity contribution in [1.29, 1.82) is 0 Å². The molecule has 0 aliphatic rings. The largest absolute Gasteiger partial charge is 0.369 e. The van der Waals surface area contributed by atoms with E-state index in [1.807, 2.05) is 0 Å². The standard InChI is InChI=1S/C6H7N5O3S/c1-15(13,14)11-2-8-3-4(11)9-6(7)10-5(3)12/h2H,1H3,(H3,7,9,10,12). The quantitative estimate of drug-likeness (QED) is 0.613. The van der Waals surface area contributed by atoms with Gasteiger partial charge in [-0.05, 0) is 0 Å². The topological polar surface area (TPSA) is 124 Å². The number of aromatic amines is 1. The highest BCUT2D eigenvalue weighted by atomic mass is 32.2. The van der Waals surface area contributed by atoms with Gasteiger partial charge in [0.15, 0.2) is 11.2 Å². The molecule has 0 aliphatic carbocycles. The predicted octanol–water partition coefficient (Wildman–Crippen LogP) is -1.49. The second-order valence-electron chi connectivity index (χ2n) is 2.93. The summed E-state index contributed by atoms with van der Waals surface area (Å²) in [5, 5.41) is 0. The van der Waals surface area contributed by atoms with Crippen molar-refractivity contribution in [1.82, 2.24) is 18.9 Å². The van der Waals surface area contributed by atoms with E-state index in [2.05, 4.69) is 15.0 Å². The molecule has 0 amide bonds. The van der Waals surface area contributed by atoms with Crippen molar-refractivity contribution in [3.05, 3.63) is 16.7 Å². The van der Waals surface area contributed by atoms with E-state index < -0.39 is 15.6 Å². The van der Waals surface area contributed by atoms with Crippen LogP contribution in [0, 0.1) is 0 Å². The van der Waals surface area contributed by atoms with Crippen molar-refractivity contribution in [3.63, 3.8) is 0 Å². The highest BCUT2D eigenvalue weighted by Crippen LogP contribution is 2.08. The Morgan fingerprint density at radius 2 is 2.20 bits per heavy atom. The van der Waals surface area contributed by atoms with Gasteiger partial charge in [-0.2, -0.15) is 4.98 Å². The van der Waals surface area contributed by atoms with Gasteiger partial charge in [0.1, 0.15) is 6.33 Å². The molecular formula is C6H7N5O3S. The maximum Gasteiger partial charge on any atom is 0.280 e. The first-order valence-corrected chi connectivity index (χ1v) is 5.68. The lowest BCUT2D eigenvalue weighted by atomic mass is 10.5. The highest BCUT2D eigenvalue weighted by Gasteiger charge is 2.14. The van der Waals surface area contributed by atoms with E-state index in [0.29, 0.717) is 0 Å². The number of H-pyrrole nitrogens is 1. The van der Waals surface area contributed by atoms with Crippen LogP contribution < -0.4 is 11.3 Å². The van der Waals surface area contributed by atoms with Crippen LogP contribution in [-0.4, -0.2) is 33.6 Å². The maximum absolute atomic E-state index is 11.3.